The summed E-state index contributed by atoms with van der Waals surface area (Å²) in [6, 6.07) is 5.78. The number of hydrogen-bond donors (Lipinski definition) is 3. The summed E-state index contributed by atoms with van der Waals surface area (Å²) in [7, 11) is 0. The van der Waals surface area contributed by atoms with Gasteiger partial charge < -0.3 is 10.7 Å². The monoisotopic (exact) mass is 233 g/mol. The van der Waals surface area contributed by atoms with Gasteiger partial charge in [-0.05, 0) is 42.5 Å². The summed E-state index contributed by atoms with van der Waals surface area (Å²) < 4.78 is 0. The maximum atomic E-state index is 12.0. The number of rotatable bonds is 3. The fraction of sp³-hybridized carbons (Fsp3) is 0.462. The number of carbonyl (C=O) groups is 1. The van der Waals surface area contributed by atoms with Gasteiger partial charge in [-0.2, -0.15) is 0 Å². The Morgan fingerprint density at radius 3 is 2.59 bits per heavy atom. The number of carbonyl (C=O) groups excluding carboxylic acids is 1. The highest BCUT2D eigenvalue weighted by molar-refractivity contribution is 5.96. The predicted molar refractivity (Wildman–Crippen MR) is 68.6 cm³/mol. The predicted octanol–water partition coefficient (Wildman–Crippen LogP) is 1.81. The first-order valence-electron chi connectivity index (χ1n) is 5.82. The minimum Gasteiger partial charge on any atom is -0.349 e. The molecule has 1 amide bonds. The Morgan fingerprint density at radius 2 is 2.12 bits per heavy atom. The van der Waals surface area contributed by atoms with Gasteiger partial charge in [-0.25, -0.2) is 0 Å². The van der Waals surface area contributed by atoms with Crippen molar-refractivity contribution in [3.05, 3.63) is 29.3 Å². The van der Waals surface area contributed by atoms with Crippen LogP contribution in [0, 0.1) is 12.3 Å². The number of anilines is 1. The molecular weight excluding hydrogens is 214 g/mol. The summed E-state index contributed by atoms with van der Waals surface area (Å²) in [5.74, 6) is 5.32. The lowest BCUT2D eigenvalue weighted by Crippen LogP contribution is -2.29. The number of benzene rings is 1. The van der Waals surface area contributed by atoms with E-state index in [1.165, 1.54) is 0 Å². The van der Waals surface area contributed by atoms with Gasteiger partial charge in [0.15, 0.2) is 0 Å². The fourth-order valence-corrected chi connectivity index (χ4v) is 1.96. The van der Waals surface area contributed by atoms with E-state index >= 15 is 0 Å². The van der Waals surface area contributed by atoms with Crippen LogP contribution in [-0.2, 0) is 0 Å². The van der Waals surface area contributed by atoms with Crippen LogP contribution in [0.3, 0.4) is 0 Å². The molecule has 0 aromatic heterocycles. The van der Waals surface area contributed by atoms with E-state index in [2.05, 4.69) is 24.6 Å². The summed E-state index contributed by atoms with van der Waals surface area (Å²) in [5, 5.41) is 3.05. The summed E-state index contributed by atoms with van der Waals surface area (Å²) in [5.41, 5.74) is 5.27. The lowest BCUT2D eigenvalue weighted by molar-refractivity contribution is 0.0946. The maximum Gasteiger partial charge on any atom is 0.251 e. The number of hydrogen-bond acceptors (Lipinski definition) is 3. The first kappa shape index (κ1) is 11.9. The first-order valence-corrected chi connectivity index (χ1v) is 5.82. The number of nitrogen functional groups attached to an aromatic ring is 1. The molecule has 4 nitrogen and oxygen atoms in total. The van der Waals surface area contributed by atoms with Crippen LogP contribution in [0.5, 0.6) is 0 Å². The van der Waals surface area contributed by atoms with Crippen LogP contribution in [0.25, 0.3) is 0 Å². The molecule has 1 atom stereocenters. The molecule has 0 aliphatic heterocycles. The average Bonchev–Trinajstić information content (AvgIpc) is 2.85. The molecule has 1 fully saturated rings. The topological polar surface area (TPSA) is 67.1 Å². The summed E-state index contributed by atoms with van der Waals surface area (Å²) in [6.07, 6.45) is 1.06. The molecule has 1 aliphatic carbocycles. The molecular formula is C13H19N3O. The van der Waals surface area contributed by atoms with Gasteiger partial charge in [-0.3, -0.25) is 10.6 Å². The zero-order valence-electron chi connectivity index (χ0n) is 10.5. The summed E-state index contributed by atoms with van der Waals surface area (Å²) in [4.78, 5) is 12.0. The van der Waals surface area contributed by atoms with Crippen molar-refractivity contribution in [3.63, 3.8) is 0 Å². The van der Waals surface area contributed by atoms with E-state index in [1.54, 1.807) is 12.1 Å². The van der Waals surface area contributed by atoms with E-state index in [0.29, 0.717) is 11.6 Å². The lowest BCUT2D eigenvalue weighted by atomic mass is 10.1. The van der Waals surface area contributed by atoms with E-state index in [-0.39, 0.29) is 11.3 Å². The van der Waals surface area contributed by atoms with E-state index in [1.807, 2.05) is 13.0 Å². The smallest absolute Gasteiger partial charge is 0.251 e. The number of nitrogens with one attached hydrogen (secondary N) is 2. The van der Waals surface area contributed by atoms with Gasteiger partial charge in [0.1, 0.15) is 0 Å². The zero-order valence-corrected chi connectivity index (χ0v) is 10.5. The Hall–Kier alpha value is -1.55. The maximum absolute atomic E-state index is 12.0. The van der Waals surface area contributed by atoms with Gasteiger partial charge in [0.25, 0.3) is 5.91 Å². The van der Waals surface area contributed by atoms with Crippen LogP contribution in [0.15, 0.2) is 18.2 Å². The Labute approximate surface area is 102 Å². The van der Waals surface area contributed by atoms with Crippen LogP contribution in [0.4, 0.5) is 5.69 Å². The van der Waals surface area contributed by atoms with E-state index in [0.717, 1.165) is 17.7 Å². The van der Waals surface area contributed by atoms with Crippen LogP contribution >= 0.6 is 0 Å². The third-order valence-electron chi connectivity index (χ3n) is 3.46. The second-order valence-corrected chi connectivity index (χ2v) is 5.39. The van der Waals surface area contributed by atoms with Crippen LogP contribution in [0.1, 0.15) is 36.2 Å². The van der Waals surface area contributed by atoms with E-state index < -0.39 is 0 Å². The van der Waals surface area contributed by atoms with Crippen molar-refractivity contribution in [1.29, 1.82) is 0 Å². The molecule has 17 heavy (non-hydrogen) atoms. The summed E-state index contributed by atoms with van der Waals surface area (Å²) in [6.45, 7) is 6.23. The van der Waals surface area contributed by atoms with Gasteiger partial charge in [-0.1, -0.05) is 13.8 Å². The second kappa shape index (κ2) is 4.04. The van der Waals surface area contributed by atoms with Gasteiger partial charge in [0, 0.05) is 17.3 Å². The van der Waals surface area contributed by atoms with Crippen molar-refractivity contribution in [3.8, 4) is 0 Å². The van der Waals surface area contributed by atoms with Crippen molar-refractivity contribution in [2.45, 2.75) is 33.2 Å². The fourth-order valence-electron chi connectivity index (χ4n) is 1.96. The van der Waals surface area contributed by atoms with Gasteiger partial charge in [-0.15, -0.1) is 0 Å². The molecule has 4 heteroatoms. The molecule has 1 unspecified atom stereocenters. The minimum absolute atomic E-state index is 0.00152. The molecule has 1 aromatic rings. The minimum atomic E-state index is 0.00152. The highest BCUT2D eigenvalue weighted by Gasteiger charge is 2.46. The molecule has 92 valence electrons. The SMILES string of the molecule is Cc1cc(NN)ccc1C(=O)NC1CC1(C)C. The summed E-state index contributed by atoms with van der Waals surface area (Å²) >= 11 is 0. The molecule has 4 N–H and O–H groups in total. The second-order valence-electron chi connectivity index (χ2n) is 5.39. The average molecular weight is 233 g/mol. The lowest BCUT2D eigenvalue weighted by Gasteiger charge is -2.10. The normalized spacial score (nSPS) is 20.8. The molecule has 0 bridgehead atoms. The van der Waals surface area contributed by atoms with Crippen LogP contribution in [0.2, 0.25) is 0 Å². The van der Waals surface area contributed by atoms with Gasteiger partial charge >= 0.3 is 0 Å². The quantitative estimate of drug-likeness (QED) is 0.551. The first-order chi connectivity index (χ1) is 7.94. The molecule has 2 rings (SSSR count). The Bertz CT molecular complexity index is 454. The molecule has 0 radical (unpaired) electrons. The van der Waals surface area contributed by atoms with Crippen molar-refractivity contribution in [2.75, 3.05) is 5.43 Å². The van der Waals surface area contributed by atoms with Gasteiger partial charge in [0.2, 0.25) is 0 Å². The van der Waals surface area contributed by atoms with Crippen molar-refractivity contribution < 1.29 is 4.79 Å². The van der Waals surface area contributed by atoms with Crippen molar-refractivity contribution in [1.82, 2.24) is 5.32 Å². The molecule has 1 saturated carbocycles. The molecule has 0 heterocycles. The third kappa shape index (κ3) is 2.42. The number of nitrogens with two attached hydrogens (primary N) is 1. The zero-order chi connectivity index (χ0) is 12.6. The number of hydrazine groups is 1. The van der Waals surface area contributed by atoms with Crippen LogP contribution < -0.4 is 16.6 Å². The molecule has 0 spiro atoms. The molecule has 1 aromatic carbocycles. The number of amides is 1. The van der Waals surface area contributed by atoms with Crippen molar-refractivity contribution >= 4 is 11.6 Å². The van der Waals surface area contributed by atoms with Crippen molar-refractivity contribution in [2.24, 2.45) is 11.3 Å². The largest absolute Gasteiger partial charge is 0.349 e. The third-order valence-corrected chi connectivity index (χ3v) is 3.46. The highest BCUT2D eigenvalue weighted by Crippen LogP contribution is 2.44. The standard InChI is InChI=1S/C13H19N3O/c1-8-6-9(16-14)4-5-10(8)12(17)15-11-7-13(11,2)3/h4-6,11,16H,7,14H2,1-3H3,(H,15,17). The van der Waals surface area contributed by atoms with Gasteiger partial charge in [0.05, 0.1) is 0 Å². The highest BCUT2D eigenvalue weighted by atomic mass is 16.1. The van der Waals surface area contributed by atoms with E-state index in [9.17, 15) is 4.79 Å². The molecule has 0 saturated heterocycles. The Morgan fingerprint density at radius 1 is 1.47 bits per heavy atom. The number of aryl methyl sites for hydroxylation is 1. The Balaban J connectivity index is 2.09. The Kier molecular flexibility index (Phi) is 2.83. The van der Waals surface area contributed by atoms with E-state index in [4.69, 9.17) is 5.84 Å². The molecule has 1 aliphatic rings. The van der Waals surface area contributed by atoms with Crippen LogP contribution in [-0.4, -0.2) is 11.9 Å².